The SMILES string of the molecule is CNC(=O)c1cc(C2CC2)nc2onc(C3CCCN3C(=O)Nc3ccc(Cl)cc3)c12. The van der Waals surface area contributed by atoms with E-state index in [9.17, 15) is 9.59 Å². The van der Waals surface area contributed by atoms with Gasteiger partial charge in [0, 0.05) is 35.9 Å². The smallest absolute Gasteiger partial charge is 0.322 e. The van der Waals surface area contributed by atoms with E-state index in [1.165, 1.54) is 0 Å². The lowest BCUT2D eigenvalue weighted by Gasteiger charge is -2.24. The molecular weight excluding hydrogens is 418 g/mol. The highest BCUT2D eigenvalue weighted by Gasteiger charge is 2.36. The Kier molecular flexibility index (Phi) is 5.02. The van der Waals surface area contributed by atoms with Gasteiger partial charge < -0.3 is 20.1 Å². The first-order chi connectivity index (χ1) is 15.0. The fourth-order valence-corrected chi connectivity index (χ4v) is 4.27. The van der Waals surface area contributed by atoms with Gasteiger partial charge in [-0.15, -0.1) is 0 Å². The van der Waals surface area contributed by atoms with Gasteiger partial charge in [-0.25, -0.2) is 9.78 Å². The summed E-state index contributed by atoms with van der Waals surface area (Å²) in [5.41, 5.74) is 2.94. The van der Waals surface area contributed by atoms with E-state index in [2.05, 4.69) is 20.8 Å². The minimum Gasteiger partial charge on any atom is -0.355 e. The van der Waals surface area contributed by atoms with Gasteiger partial charge in [0.2, 0.25) is 0 Å². The van der Waals surface area contributed by atoms with Crippen molar-refractivity contribution in [3.63, 3.8) is 0 Å². The molecule has 3 heterocycles. The van der Waals surface area contributed by atoms with Crippen LogP contribution in [0.5, 0.6) is 0 Å². The van der Waals surface area contributed by atoms with E-state index >= 15 is 0 Å². The number of fused-ring (bicyclic) bond motifs is 1. The third-order valence-electron chi connectivity index (χ3n) is 5.88. The van der Waals surface area contributed by atoms with Crippen LogP contribution in [-0.2, 0) is 0 Å². The Bertz CT molecular complexity index is 1160. The number of benzene rings is 1. The number of carbonyl (C=O) groups excluding carboxylic acids is 2. The lowest BCUT2D eigenvalue weighted by Crippen LogP contribution is -2.34. The fraction of sp³-hybridized carbons (Fsp3) is 0.364. The molecule has 0 bridgehead atoms. The van der Waals surface area contributed by atoms with Gasteiger partial charge in [-0.3, -0.25) is 4.79 Å². The van der Waals surface area contributed by atoms with Crippen LogP contribution in [-0.4, -0.2) is 40.6 Å². The summed E-state index contributed by atoms with van der Waals surface area (Å²) in [6, 6.07) is 8.27. The number of hydrogen-bond donors (Lipinski definition) is 2. The molecule has 1 aliphatic carbocycles. The predicted molar refractivity (Wildman–Crippen MR) is 116 cm³/mol. The molecule has 2 aliphatic rings. The number of rotatable bonds is 4. The van der Waals surface area contributed by atoms with E-state index in [-0.39, 0.29) is 18.0 Å². The van der Waals surface area contributed by atoms with Crippen molar-refractivity contribution < 1.29 is 14.1 Å². The highest BCUT2D eigenvalue weighted by Crippen LogP contribution is 2.42. The summed E-state index contributed by atoms with van der Waals surface area (Å²) in [6.45, 7) is 0.585. The number of anilines is 1. The van der Waals surface area contributed by atoms with Crippen molar-refractivity contribution in [2.75, 3.05) is 18.9 Å². The summed E-state index contributed by atoms with van der Waals surface area (Å²) in [6.07, 6.45) is 3.69. The Hall–Kier alpha value is -3.13. The average molecular weight is 440 g/mol. The predicted octanol–water partition coefficient (Wildman–Crippen LogP) is 4.48. The van der Waals surface area contributed by atoms with Gasteiger partial charge in [0.05, 0.1) is 17.0 Å². The third-order valence-corrected chi connectivity index (χ3v) is 6.14. The monoisotopic (exact) mass is 439 g/mol. The quantitative estimate of drug-likeness (QED) is 0.624. The van der Waals surface area contributed by atoms with E-state index in [1.54, 1.807) is 36.2 Å². The molecule has 1 aliphatic heterocycles. The van der Waals surface area contributed by atoms with Crippen molar-refractivity contribution in [3.8, 4) is 0 Å². The summed E-state index contributed by atoms with van der Waals surface area (Å²) in [5.74, 6) is 0.156. The maximum Gasteiger partial charge on any atom is 0.322 e. The van der Waals surface area contributed by atoms with Crippen molar-refractivity contribution in [1.29, 1.82) is 0 Å². The molecule has 1 saturated carbocycles. The fourth-order valence-electron chi connectivity index (χ4n) is 4.14. The summed E-state index contributed by atoms with van der Waals surface area (Å²) in [4.78, 5) is 32.0. The van der Waals surface area contributed by atoms with E-state index in [0.29, 0.717) is 45.5 Å². The Morgan fingerprint density at radius 3 is 2.68 bits per heavy atom. The van der Waals surface area contributed by atoms with Gasteiger partial charge >= 0.3 is 6.03 Å². The van der Waals surface area contributed by atoms with E-state index in [1.807, 2.05) is 6.07 Å². The molecule has 8 nitrogen and oxygen atoms in total. The molecule has 1 saturated heterocycles. The van der Waals surface area contributed by atoms with Crippen LogP contribution in [0.2, 0.25) is 5.02 Å². The number of hydrogen-bond acceptors (Lipinski definition) is 5. The lowest BCUT2D eigenvalue weighted by atomic mass is 10.0. The van der Waals surface area contributed by atoms with Crippen molar-refractivity contribution in [2.24, 2.45) is 0 Å². The van der Waals surface area contributed by atoms with Gasteiger partial charge in [-0.05, 0) is 56.0 Å². The molecule has 3 aromatic rings. The zero-order valence-electron chi connectivity index (χ0n) is 17.0. The van der Waals surface area contributed by atoms with Crippen LogP contribution in [0.1, 0.15) is 59.4 Å². The summed E-state index contributed by atoms with van der Waals surface area (Å²) in [7, 11) is 1.60. The average Bonchev–Trinajstić information content (AvgIpc) is 3.36. The number of urea groups is 1. The maximum atomic E-state index is 13.0. The summed E-state index contributed by atoms with van der Waals surface area (Å²) >= 11 is 5.93. The standard InChI is InChI=1S/C22H22ClN5O3/c1-24-20(29)15-11-16(12-4-5-12)26-21-18(15)19(27-31-21)17-3-2-10-28(17)22(30)25-14-8-6-13(23)7-9-14/h6-9,11-12,17H,2-5,10H2,1H3,(H,24,29)(H,25,30). The number of amides is 3. The van der Waals surface area contributed by atoms with Crippen LogP contribution >= 0.6 is 11.6 Å². The van der Waals surface area contributed by atoms with Crippen LogP contribution in [0.25, 0.3) is 11.1 Å². The molecule has 1 atom stereocenters. The highest BCUT2D eigenvalue weighted by molar-refractivity contribution is 6.30. The molecule has 0 radical (unpaired) electrons. The first-order valence-electron chi connectivity index (χ1n) is 10.4. The summed E-state index contributed by atoms with van der Waals surface area (Å²) in [5, 5.41) is 11.1. The molecule has 3 amide bonds. The molecule has 9 heteroatoms. The largest absolute Gasteiger partial charge is 0.355 e. The van der Waals surface area contributed by atoms with Crippen LogP contribution < -0.4 is 10.6 Å². The molecule has 5 rings (SSSR count). The molecule has 1 unspecified atom stereocenters. The van der Waals surface area contributed by atoms with Crippen molar-refractivity contribution in [1.82, 2.24) is 20.4 Å². The number of carbonyl (C=O) groups is 2. The second-order valence-electron chi connectivity index (χ2n) is 7.98. The first kappa shape index (κ1) is 19.8. The number of pyridine rings is 1. The van der Waals surface area contributed by atoms with E-state index < -0.39 is 0 Å². The minimum absolute atomic E-state index is 0.214. The molecule has 2 fully saturated rings. The van der Waals surface area contributed by atoms with Gasteiger partial charge in [-0.2, -0.15) is 0 Å². The first-order valence-corrected chi connectivity index (χ1v) is 10.8. The molecule has 2 N–H and O–H groups in total. The van der Waals surface area contributed by atoms with Crippen molar-refractivity contribution in [2.45, 2.75) is 37.6 Å². The normalized spacial score (nSPS) is 18.4. The van der Waals surface area contributed by atoms with Crippen molar-refractivity contribution in [3.05, 3.63) is 52.3 Å². The van der Waals surface area contributed by atoms with Crippen LogP contribution in [0, 0.1) is 0 Å². The second-order valence-corrected chi connectivity index (χ2v) is 8.42. The molecule has 0 spiro atoms. The molecule has 31 heavy (non-hydrogen) atoms. The number of aromatic nitrogens is 2. The Morgan fingerprint density at radius 2 is 1.97 bits per heavy atom. The Balaban J connectivity index is 1.49. The van der Waals surface area contributed by atoms with Gasteiger partial charge in [0.1, 0.15) is 5.69 Å². The lowest BCUT2D eigenvalue weighted by molar-refractivity contribution is 0.0964. The zero-order valence-corrected chi connectivity index (χ0v) is 17.8. The van der Waals surface area contributed by atoms with E-state index in [4.69, 9.17) is 16.1 Å². The minimum atomic E-state index is -0.300. The highest BCUT2D eigenvalue weighted by atomic mass is 35.5. The number of nitrogens with zero attached hydrogens (tertiary/aromatic N) is 3. The van der Waals surface area contributed by atoms with Gasteiger partial charge in [0.15, 0.2) is 0 Å². The number of nitrogens with one attached hydrogen (secondary N) is 2. The molecule has 2 aromatic heterocycles. The van der Waals surface area contributed by atoms with Crippen LogP contribution in [0.15, 0.2) is 34.9 Å². The second kappa shape index (κ2) is 7.85. The topological polar surface area (TPSA) is 100 Å². The third kappa shape index (κ3) is 3.72. The Morgan fingerprint density at radius 1 is 1.19 bits per heavy atom. The van der Waals surface area contributed by atoms with Crippen LogP contribution in [0.3, 0.4) is 0 Å². The zero-order chi connectivity index (χ0) is 21.5. The number of likely N-dealkylation sites (tertiary alicyclic amines) is 1. The maximum absolute atomic E-state index is 13.0. The Labute approximate surface area is 183 Å². The van der Waals surface area contributed by atoms with Crippen molar-refractivity contribution >= 4 is 40.3 Å². The van der Waals surface area contributed by atoms with Gasteiger partial charge in [0.25, 0.3) is 11.6 Å². The number of halogens is 1. The molecule has 160 valence electrons. The molecular formula is C22H22ClN5O3. The van der Waals surface area contributed by atoms with Crippen LogP contribution in [0.4, 0.5) is 10.5 Å². The summed E-state index contributed by atoms with van der Waals surface area (Å²) < 4.78 is 5.56. The van der Waals surface area contributed by atoms with E-state index in [0.717, 1.165) is 31.4 Å². The molecule has 1 aromatic carbocycles. The van der Waals surface area contributed by atoms with Gasteiger partial charge in [-0.1, -0.05) is 16.8 Å².